The number of hydrogen-bond acceptors (Lipinski definition) is 4. The highest BCUT2D eigenvalue weighted by Gasteiger charge is 2.19. The van der Waals surface area contributed by atoms with Crippen LogP contribution in [-0.2, 0) is 25.7 Å². The second-order valence-corrected chi connectivity index (χ2v) is 5.16. The average molecular weight is 312 g/mol. The molecule has 0 saturated heterocycles. The van der Waals surface area contributed by atoms with Crippen LogP contribution in [0.1, 0.15) is 30.1 Å². The van der Waals surface area contributed by atoms with Gasteiger partial charge in [0.05, 0.1) is 6.10 Å². The van der Waals surface area contributed by atoms with Gasteiger partial charge in [0.2, 0.25) is 5.78 Å². The molecule has 4 nitrogen and oxygen atoms in total. The van der Waals surface area contributed by atoms with Crippen LogP contribution in [0, 0.1) is 0 Å². The molecule has 120 valence electrons. The average Bonchev–Trinajstić information content (AvgIpc) is 2.61. The zero-order chi connectivity index (χ0) is 16.5. The molecule has 1 atom stereocenters. The maximum absolute atomic E-state index is 11.9. The van der Waals surface area contributed by atoms with E-state index in [1.807, 2.05) is 60.7 Å². The molecule has 0 amide bonds. The van der Waals surface area contributed by atoms with Crippen molar-refractivity contribution in [3.63, 3.8) is 0 Å². The van der Waals surface area contributed by atoms with Gasteiger partial charge < -0.3 is 9.47 Å². The monoisotopic (exact) mass is 312 g/mol. The molecule has 4 heteroatoms. The van der Waals surface area contributed by atoms with E-state index in [1.165, 1.54) is 0 Å². The molecule has 2 aromatic carbocycles. The summed E-state index contributed by atoms with van der Waals surface area (Å²) < 4.78 is 10.4. The summed E-state index contributed by atoms with van der Waals surface area (Å²) >= 11 is 0. The molecule has 0 aliphatic carbocycles. The highest BCUT2D eigenvalue weighted by molar-refractivity contribution is 6.33. The van der Waals surface area contributed by atoms with E-state index >= 15 is 0 Å². The van der Waals surface area contributed by atoms with Gasteiger partial charge in [-0.3, -0.25) is 4.79 Å². The van der Waals surface area contributed by atoms with E-state index in [0.29, 0.717) is 6.42 Å². The third kappa shape index (κ3) is 5.34. The van der Waals surface area contributed by atoms with Crippen molar-refractivity contribution in [2.75, 3.05) is 7.11 Å². The molecule has 0 radical (unpaired) electrons. The number of carbonyl (C=O) groups is 2. The molecule has 0 fully saturated rings. The van der Waals surface area contributed by atoms with Gasteiger partial charge in [-0.1, -0.05) is 60.7 Å². The maximum Gasteiger partial charge on any atom is 0.374 e. The van der Waals surface area contributed by atoms with Gasteiger partial charge in [0.1, 0.15) is 6.61 Å². The van der Waals surface area contributed by atoms with Crippen molar-refractivity contribution in [2.45, 2.75) is 25.6 Å². The molecule has 2 rings (SSSR count). The minimum absolute atomic E-state index is 0.0982. The maximum atomic E-state index is 11.9. The fourth-order valence-corrected chi connectivity index (χ4v) is 2.26. The standard InChI is InChI=1S/C19H20O4/c1-22-18(16-10-6-3-7-11-16)13-12-17(20)19(21)23-14-15-8-4-2-5-9-15/h2-11,18H,12-14H2,1H3. The molecular weight excluding hydrogens is 292 g/mol. The number of benzene rings is 2. The van der Waals surface area contributed by atoms with Gasteiger partial charge in [0.25, 0.3) is 0 Å². The molecular formula is C19H20O4. The second-order valence-electron chi connectivity index (χ2n) is 5.16. The van der Waals surface area contributed by atoms with Crippen LogP contribution in [0.15, 0.2) is 60.7 Å². The van der Waals surface area contributed by atoms with Crippen molar-refractivity contribution >= 4 is 11.8 Å². The van der Waals surface area contributed by atoms with Crippen LogP contribution in [0.2, 0.25) is 0 Å². The number of esters is 1. The highest BCUT2D eigenvalue weighted by atomic mass is 16.5. The molecule has 0 aliphatic heterocycles. The van der Waals surface area contributed by atoms with Crippen molar-refractivity contribution in [1.82, 2.24) is 0 Å². The van der Waals surface area contributed by atoms with Crippen LogP contribution >= 0.6 is 0 Å². The first-order chi connectivity index (χ1) is 11.2. The lowest BCUT2D eigenvalue weighted by molar-refractivity contribution is -0.155. The highest BCUT2D eigenvalue weighted by Crippen LogP contribution is 2.21. The van der Waals surface area contributed by atoms with Gasteiger partial charge in [-0.25, -0.2) is 4.79 Å². The Labute approximate surface area is 136 Å². The summed E-state index contributed by atoms with van der Waals surface area (Å²) in [5.74, 6) is -1.32. The fourth-order valence-electron chi connectivity index (χ4n) is 2.26. The van der Waals surface area contributed by atoms with Crippen molar-refractivity contribution < 1.29 is 19.1 Å². The quantitative estimate of drug-likeness (QED) is 0.553. The minimum atomic E-state index is -0.795. The number of rotatable bonds is 8. The van der Waals surface area contributed by atoms with Crippen LogP contribution in [0.25, 0.3) is 0 Å². The molecule has 0 saturated carbocycles. The Bertz CT molecular complexity index is 622. The SMILES string of the molecule is COC(CCC(=O)C(=O)OCc1ccccc1)c1ccccc1. The smallest absolute Gasteiger partial charge is 0.374 e. The second kappa shape index (κ2) is 8.86. The Morgan fingerprint density at radius 3 is 2.17 bits per heavy atom. The predicted molar refractivity (Wildman–Crippen MR) is 86.7 cm³/mol. The summed E-state index contributed by atoms with van der Waals surface area (Å²) in [5, 5.41) is 0. The topological polar surface area (TPSA) is 52.6 Å². The molecule has 0 N–H and O–H groups in total. The first-order valence-electron chi connectivity index (χ1n) is 7.52. The van der Waals surface area contributed by atoms with Crippen molar-refractivity contribution in [3.8, 4) is 0 Å². The Morgan fingerprint density at radius 1 is 0.957 bits per heavy atom. The Balaban J connectivity index is 1.80. The Kier molecular flexibility index (Phi) is 6.51. The van der Waals surface area contributed by atoms with Gasteiger partial charge >= 0.3 is 5.97 Å². The third-order valence-electron chi connectivity index (χ3n) is 3.53. The lowest BCUT2D eigenvalue weighted by Crippen LogP contribution is -2.18. The first-order valence-corrected chi connectivity index (χ1v) is 7.52. The van der Waals surface area contributed by atoms with Crippen LogP contribution in [0.4, 0.5) is 0 Å². The van der Waals surface area contributed by atoms with Gasteiger partial charge in [0, 0.05) is 13.5 Å². The number of ketones is 1. The molecule has 23 heavy (non-hydrogen) atoms. The number of hydrogen-bond donors (Lipinski definition) is 0. The molecule has 0 spiro atoms. The summed E-state index contributed by atoms with van der Waals surface area (Å²) in [7, 11) is 1.59. The molecule has 0 bridgehead atoms. The van der Waals surface area contributed by atoms with Gasteiger partial charge in [-0.15, -0.1) is 0 Å². The van der Waals surface area contributed by atoms with Crippen LogP contribution in [0.3, 0.4) is 0 Å². The molecule has 0 aliphatic rings. The lowest BCUT2D eigenvalue weighted by Gasteiger charge is -2.14. The minimum Gasteiger partial charge on any atom is -0.455 e. The van der Waals surface area contributed by atoms with E-state index in [9.17, 15) is 9.59 Å². The third-order valence-corrected chi connectivity index (χ3v) is 3.53. The largest absolute Gasteiger partial charge is 0.455 e. The van der Waals surface area contributed by atoms with Gasteiger partial charge in [-0.05, 0) is 17.5 Å². The zero-order valence-corrected chi connectivity index (χ0v) is 13.1. The normalized spacial score (nSPS) is 11.7. The first kappa shape index (κ1) is 16.9. The van der Waals surface area contributed by atoms with E-state index in [-0.39, 0.29) is 19.1 Å². The summed E-state index contributed by atoms with van der Waals surface area (Å²) in [6, 6.07) is 18.9. The summed E-state index contributed by atoms with van der Waals surface area (Å²) in [4.78, 5) is 23.6. The summed E-state index contributed by atoms with van der Waals surface area (Å²) in [5.41, 5.74) is 1.84. The van der Waals surface area contributed by atoms with Gasteiger partial charge in [-0.2, -0.15) is 0 Å². The number of methoxy groups -OCH3 is 1. The van der Waals surface area contributed by atoms with Crippen molar-refractivity contribution in [1.29, 1.82) is 0 Å². The molecule has 1 unspecified atom stereocenters. The number of carbonyl (C=O) groups excluding carboxylic acids is 2. The van der Waals surface area contributed by atoms with E-state index < -0.39 is 11.8 Å². The molecule has 0 aromatic heterocycles. The Morgan fingerprint density at radius 2 is 1.57 bits per heavy atom. The Hall–Kier alpha value is -2.46. The predicted octanol–water partition coefficient (Wildman–Crippen LogP) is 3.47. The fraction of sp³-hybridized carbons (Fsp3) is 0.263. The van der Waals surface area contributed by atoms with Gasteiger partial charge in [0.15, 0.2) is 0 Å². The van der Waals surface area contributed by atoms with E-state index in [1.54, 1.807) is 7.11 Å². The number of ether oxygens (including phenoxy) is 2. The lowest BCUT2D eigenvalue weighted by atomic mass is 10.0. The number of Topliss-reactive ketones (excluding diaryl/α,β-unsaturated/α-hetero) is 1. The van der Waals surface area contributed by atoms with E-state index in [2.05, 4.69) is 0 Å². The van der Waals surface area contributed by atoms with E-state index in [4.69, 9.17) is 9.47 Å². The van der Waals surface area contributed by atoms with E-state index in [0.717, 1.165) is 11.1 Å². The van der Waals surface area contributed by atoms with Crippen molar-refractivity contribution in [2.24, 2.45) is 0 Å². The summed E-state index contributed by atoms with van der Waals surface area (Å²) in [6.07, 6.45) is 0.336. The molecule has 0 heterocycles. The van der Waals surface area contributed by atoms with Crippen LogP contribution < -0.4 is 0 Å². The van der Waals surface area contributed by atoms with Crippen LogP contribution in [-0.4, -0.2) is 18.9 Å². The zero-order valence-electron chi connectivity index (χ0n) is 13.1. The molecule has 2 aromatic rings. The van der Waals surface area contributed by atoms with Crippen LogP contribution in [0.5, 0.6) is 0 Å². The summed E-state index contributed by atoms with van der Waals surface area (Å²) in [6.45, 7) is 0.109. The van der Waals surface area contributed by atoms with Crippen molar-refractivity contribution in [3.05, 3.63) is 71.8 Å².